The van der Waals surface area contributed by atoms with Gasteiger partial charge in [-0.15, -0.1) is 0 Å². The van der Waals surface area contributed by atoms with Gasteiger partial charge in [0, 0.05) is 13.5 Å². The van der Waals surface area contributed by atoms with Crippen LogP contribution in [-0.4, -0.2) is 25.3 Å². The van der Waals surface area contributed by atoms with Crippen LogP contribution in [0.2, 0.25) is 0 Å². The molecule has 0 aromatic carbocycles. The third kappa shape index (κ3) is 1.00. The second-order valence-electron chi connectivity index (χ2n) is 4.21. The first kappa shape index (κ1) is 9.16. The van der Waals surface area contributed by atoms with Crippen LogP contribution in [0.1, 0.15) is 32.6 Å². The molecule has 1 aliphatic carbocycles. The average molecular weight is 184 g/mol. The third-order valence-electron chi connectivity index (χ3n) is 3.65. The largest absolute Gasteiger partial charge is 0.352 e. The first-order valence-corrected chi connectivity index (χ1v) is 4.87. The van der Waals surface area contributed by atoms with E-state index in [1.165, 1.54) is 0 Å². The first-order valence-electron chi connectivity index (χ1n) is 4.87. The highest BCUT2D eigenvalue weighted by Gasteiger charge is 2.60. The normalized spacial score (nSPS) is 44.9. The van der Waals surface area contributed by atoms with Gasteiger partial charge in [0.25, 0.3) is 0 Å². The Morgan fingerprint density at radius 1 is 1.38 bits per heavy atom. The first-order chi connectivity index (χ1) is 6.15. The molecule has 2 fully saturated rings. The second kappa shape index (κ2) is 2.79. The van der Waals surface area contributed by atoms with Gasteiger partial charge in [-0.05, 0) is 19.8 Å². The molecule has 74 valence electrons. The van der Waals surface area contributed by atoms with Gasteiger partial charge in [0.05, 0.1) is 5.41 Å². The molecular weight excluding hydrogens is 168 g/mol. The Labute approximate surface area is 78.4 Å². The maximum Gasteiger partial charge on any atom is 0.180 e. The van der Waals surface area contributed by atoms with E-state index in [1.807, 2.05) is 6.92 Å². The van der Waals surface area contributed by atoms with Crippen molar-refractivity contribution >= 4 is 5.78 Å². The number of hydrogen-bond acceptors (Lipinski definition) is 3. The van der Waals surface area contributed by atoms with Crippen molar-refractivity contribution in [2.24, 2.45) is 5.41 Å². The summed E-state index contributed by atoms with van der Waals surface area (Å²) in [6.45, 7) is 2.20. The maximum atomic E-state index is 11.7. The molecule has 13 heavy (non-hydrogen) atoms. The fourth-order valence-corrected chi connectivity index (χ4v) is 2.61. The zero-order chi connectivity index (χ0) is 9.53. The van der Waals surface area contributed by atoms with Gasteiger partial charge in [0.1, 0.15) is 6.61 Å². The summed E-state index contributed by atoms with van der Waals surface area (Å²) in [6.07, 6.45) is 3.96. The number of ketones is 1. The number of carbonyl (C=O) groups excluding carboxylic acids is 1. The van der Waals surface area contributed by atoms with Crippen LogP contribution in [0.3, 0.4) is 0 Å². The van der Waals surface area contributed by atoms with Crippen LogP contribution in [0.25, 0.3) is 0 Å². The van der Waals surface area contributed by atoms with Gasteiger partial charge in [0.15, 0.2) is 11.6 Å². The van der Waals surface area contributed by atoms with E-state index in [9.17, 15) is 4.79 Å². The third-order valence-corrected chi connectivity index (χ3v) is 3.65. The van der Waals surface area contributed by atoms with Crippen molar-refractivity contribution in [3.05, 3.63) is 0 Å². The van der Waals surface area contributed by atoms with Gasteiger partial charge < -0.3 is 9.47 Å². The average Bonchev–Trinajstić information content (AvgIpc) is 2.41. The van der Waals surface area contributed by atoms with Crippen LogP contribution < -0.4 is 0 Å². The Bertz CT molecular complexity index is 238. The molecule has 0 bridgehead atoms. The molecule has 2 atom stereocenters. The molecule has 1 saturated carbocycles. The van der Waals surface area contributed by atoms with Crippen molar-refractivity contribution in [1.82, 2.24) is 0 Å². The fourth-order valence-electron chi connectivity index (χ4n) is 2.61. The van der Waals surface area contributed by atoms with Gasteiger partial charge in [-0.1, -0.05) is 6.42 Å². The lowest BCUT2D eigenvalue weighted by Crippen LogP contribution is -2.50. The van der Waals surface area contributed by atoms with Gasteiger partial charge in [-0.2, -0.15) is 0 Å². The molecule has 2 aliphatic rings. The summed E-state index contributed by atoms with van der Waals surface area (Å²) >= 11 is 0. The Kier molecular flexibility index (Phi) is 1.96. The van der Waals surface area contributed by atoms with Crippen LogP contribution in [0.4, 0.5) is 0 Å². The zero-order valence-corrected chi connectivity index (χ0v) is 8.26. The summed E-state index contributed by atoms with van der Waals surface area (Å²) in [7, 11) is 1.64. The van der Waals surface area contributed by atoms with Gasteiger partial charge in [-0.25, -0.2) is 0 Å². The predicted molar refractivity (Wildman–Crippen MR) is 47.3 cm³/mol. The number of methoxy groups -OCH3 is 1. The van der Waals surface area contributed by atoms with E-state index >= 15 is 0 Å². The summed E-state index contributed by atoms with van der Waals surface area (Å²) < 4.78 is 11.0. The predicted octanol–water partition coefficient (Wildman–Crippen LogP) is 1.51. The Morgan fingerprint density at radius 2 is 2.08 bits per heavy atom. The highest BCUT2D eigenvalue weighted by molar-refractivity contribution is 5.88. The molecular formula is C10H16O3. The summed E-state index contributed by atoms with van der Waals surface area (Å²) in [4.78, 5) is 11.7. The molecule has 0 aromatic rings. The zero-order valence-electron chi connectivity index (χ0n) is 8.26. The molecule has 1 saturated heterocycles. The van der Waals surface area contributed by atoms with E-state index in [0.29, 0.717) is 0 Å². The van der Waals surface area contributed by atoms with Crippen molar-refractivity contribution < 1.29 is 14.3 Å². The molecule has 0 N–H and O–H groups in total. The minimum atomic E-state index is -0.609. The molecule has 3 heteroatoms. The topological polar surface area (TPSA) is 35.5 Å². The maximum absolute atomic E-state index is 11.7. The van der Waals surface area contributed by atoms with E-state index < -0.39 is 5.79 Å². The molecule has 0 radical (unpaired) electrons. The van der Waals surface area contributed by atoms with Crippen molar-refractivity contribution in [2.45, 2.75) is 38.4 Å². The number of fused-ring (bicyclic) bond motifs is 1. The van der Waals surface area contributed by atoms with Crippen molar-refractivity contribution in [3.63, 3.8) is 0 Å². The molecule has 3 nitrogen and oxygen atoms in total. The lowest BCUT2D eigenvalue weighted by Gasteiger charge is -2.43. The highest BCUT2D eigenvalue weighted by atomic mass is 16.7. The van der Waals surface area contributed by atoms with Gasteiger partial charge >= 0.3 is 0 Å². The Balaban J connectivity index is 2.36. The monoisotopic (exact) mass is 184 g/mol. The molecule has 0 unspecified atom stereocenters. The standard InChI is InChI=1S/C10H16O3/c1-9-5-3-4-6-10(9,12-2)13-7-8(9)11/h3-7H2,1-2H3/t9-,10-/m1/s1. The lowest BCUT2D eigenvalue weighted by molar-refractivity contribution is -0.255. The molecule has 1 heterocycles. The van der Waals surface area contributed by atoms with Crippen LogP contribution in [0.15, 0.2) is 0 Å². The number of carbonyl (C=O) groups is 1. The Morgan fingerprint density at radius 3 is 2.69 bits per heavy atom. The van der Waals surface area contributed by atoms with Crippen molar-refractivity contribution in [3.8, 4) is 0 Å². The summed E-state index contributed by atoms with van der Waals surface area (Å²) in [5.74, 6) is -0.406. The SMILES string of the molecule is CO[C@@]12CCCC[C@]1(C)C(=O)CO2. The minimum absolute atomic E-state index is 0.203. The number of hydrogen-bond donors (Lipinski definition) is 0. The van der Waals surface area contributed by atoms with E-state index in [-0.39, 0.29) is 17.8 Å². The number of rotatable bonds is 1. The molecule has 0 amide bonds. The van der Waals surface area contributed by atoms with Crippen molar-refractivity contribution in [2.75, 3.05) is 13.7 Å². The molecule has 0 spiro atoms. The van der Waals surface area contributed by atoms with Crippen molar-refractivity contribution in [1.29, 1.82) is 0 Å². The Hall–Kier alpha value is -0.410. The highest BCUT2D eigenvalue weighted by Crippen LogP contribution is 2.51. The van der Waals surface area contributed by atoms with Gasteiger partial charge in [0.2, 0.25) is 0 Å². The van der Waals surface area contributed by atoms with E-state index in [4.69, 9.17) is 9.47 Å². The smallest absolute Gasteiger partial charge is 0.180 e. The number of Topliss-reactive ketones (excluding diaryl/α,β-unsaturated/α-hetero) is 1. The molecule has 0 aromatic heterocycles. The quantitative estimate of drug-likeness (QED) is 0.619. The molecule has 1 aliphatic heterocycles. The van der Waals surface area contributed by atoms with E-state index in [2.05, 4.69) is 0 Å². The summed E-state index contributed by atoms with van der Waals surface area (Å²) in [5.41, 5.74) is -0.389. The number of ether oxygens (including phenoxy) is 2. The molecule has 2 rings (SSSR count). The minimum Gasteiger partial charge on any atom is -0.352 e. The van der Waals surface area contributed by atoms with E-state index in [0.717, 1.165) is 25.7 Å². The summed E-state index contributed by atoms with van der Waals surface area (Å²) in [6, 6.07) is 0. The van der Waals surface area contributed by atoms with Gasteiger partial charge in [-0.3, -0.25) is 4.79 Å². The van der Waals surface area contributed by atoms with Crippen LogP contribution in [0, 0.1) is 5.41 Å². The fraction of sp³-hybridized carbons (Fsp3) is 0.900. The lowest BCUT2D eigenvalue weighted by atomic mass is 9.69. The van der Waals surface area contributed by atoms with Crippen LogP contribution >= 0.6 is 0 Å². The van der Waals surface area contributed by atoms with Crippen LogP contribution in [0.5, 0.6) is 0 Å². The second-order valence-corrected chi connectivity index (χ2v) is 4.21. The summed E-state index contributed by atoms with van der Waals surface area (Å²) in [5, 5.41) is 0. The van der Waals surface area contributed by atoms with E-state index in [1.54, 1.807) is 7.11 Å². The van der Waals surface area contributed by atoms with Crippen LogP contribution in [-0.2, 0) is 14.3 Å².